The van der Waals surface area contributed by atoms with Gasteiger partial charge in [-0.2, -0.15) is 0 Å². The quantitative estimate of drug-likeness (QED) is 0.862. The van der Waals surface area contributed by atoms with Crippen molar-refractivity contribution in [1.82, 2.24) is 5.32 Å². The number of nitrogens with one attached hydrogen (secondary N) is 2. The van der Waals surface area contributed by atoms with Gasteiger partial charge in [0.05, 0.1) is 19.8 Å². The van der Waals surface area contributed by atoms with E-state index in [1.807, 2.05) is 31.2 Å². The Morgan fingerprint density at radius 3 is 2.70 bits per heavy atom. The number of ether oxygens (including phenoxy) is 2. The number of methoxy groups -OCH3 is 1. The Bertz CT molecular complexity index is 461. The number of hydrogen-bond acceptors (Lipinski definition) is 4. The summed E-state index contributed by atoms with van der Waals surface area (Å²) < 4.78 is 10.6. The molecule has 1 heterocycles. The maximum absolute atomic E-state index is 11.9. The Balaban J connectivity index is 1.83. The summed E-state index contributed by atoms with van der Waals surface area (Å²) in [6, 6.07) is 7.27. The van der Waals surface area contributed by atoms with Crippen LogP contribution in [0.15, 0.2) is 24.3 Å². The molecule has 5 nitrogen and oxygen atoms in total. The monoisotopic (exact) mass is 278 g/mol. The van der Waals surface area contributed by atoms with Crippen molar-refractivity contribution in [3.05, 3.63) is 24.3 Å². The lowest BCUT2D eigenvalue weighted by Gasteiger charge is -2.28. The molecule has 0 saturated carbocycles. The summed E-state index contributed by atoms with van der Waals surface area (Å²) in [5, 5.41) is 6.14. The minimum Gasteiger partial charge on any atom is -0.497 e. The number of benzene rings is 1. The van der Waals surface area contributed by atoms with Crippen molar-refractivity contribution in [2.75, 3.05) is 25.6 Å². The standard InChI is InChI=1S/C15H22N2O3/c1-11-15(2,8-9-20-11)16-10-14(18)17-12-4-6-13(19-3)7-5-12/h4-7,11,16H,8-10H2,1-3H3,(H,17,18). The Hall–Kier alpha value is -1.59. The summed E-state index contributed by atoms with van der Waals surface area (Å²) in [6.45, 7) is 5.13. The largest absolute Gasteiger partial charge is 0.497 e. The van der Waals surface area contributed by atoms with E-state index in [1.54, 1.807) is 7.11 Å². The van der Waals surface area contributed by atoms with Crippen molar-refractivity contribution in [2.24, 2.45) is 0 Å². The normalized spacial score (nSPS) is 25.4. The van der Waals surface area contributed by atoms with Gasteiger partial charge in [0, 0.05) is 17.8 Å². The van der Waals surface area contributed by atoms with Crippen molar-refractivity contribution in [2.45, 2.75) is 31.9 Å². The molecule has 1 aromatic rings. The van der Waals surface area contributed by atoms with E-state index in [0.29, 0.717) is 0 Å². The smallest absolute Gasteiger partial charge is 0.238 e. The average Bonchev–Trinajstić information content (AvgIpc) is 2.78. The molecular formula is C15H22N2O3. The second-order valence-corrected chi connectivity index (χ2v) is 5.31. The Labute approximate surface area is 119 Å². The lowest BCUT2D eigenvalue weighted by molar-refractivity contribution is -0.115. The van der Waals surface area contributed by atoms with Crippen molar-refractivity contribution >= 4 is 11.6 Å². The van der Waals surface area contributed by atoms with Crippen LogP contribution in [-0.2, 0) is 9.53 Å². The van der Waals surface area contributed by atoms with E-state index in [1.165, 1.54) is 0 Å². The molecule has 110 valence electrons. The van der Waals surface area contributed by atoms with Crippen LogP contribution in [0, 0.1) is 0 Å². The third kappa shape index (κ3) is 3.49. The van der Waals surface area contributed by atoms with E-state index in [4.69, 9.17) is 9.47 Å². The first-order valence-corrected chi connectivity index (χ1v) is 6.84. The number of carbonyl (C=O) groups excluding carboxylic acids is 1. The Kier molecular flexibility index (Phi) is 4.62. The first-order valence-electron chi connectivity index (χ1n) is 6.84. The summed E-state index contributed by atoms with van der Waals surface area (Å²) in [4.78, 5) is 11.9. The lowest BCUT2D eigenvalue weighted by Crippen LogP contribution is -2.50. The van der Waals surface area contributed by atoms with Crippen LogP contribution in [0.4, 0.5) is 5.69 Å². The second kappa shape index (κ2) is 6.24. The van der Waals surface area contributed by atoms with E-state index in [-0.39, 0.29) is 24.1 Å². The van der Waals surface area contributed by atoms with Gasteiger partial charge in [-0.3, -0.25) is 4.79 Å². The Morgan fingerprint density at radius 2 is 2.15 bits per heavy atom. The number of amides is 1. The van der Waals surface area contributed by atoms with Gasteiger partial charge < -0.3 is 20.1 Å². The zero-order chi connectivity index (χ0) is 14.6. The zero-order valence-electron chi connectivity index (χ0n) is 12.2. The van der Waals surface area contributed by atoms with E-state index < -0.39 is 0 Å². The molecule has 1 aliphatic heterocycles. The molecule has 1 saturated heterocycles. The summed E-state index contributed by atoms with van der Waals surface area (Å²) in [5.41, 5.74) is 0.635. The molecule has 2 rings (SSSR count). The average molecular weight is 278 g/mol. The molecule has 0 radical (unpaired) electrons. The van der Waals surface area contributed by atoms with Gasteiger partial charge >= 0.3 is 0 Å². The van der Waals surface area contributed by atoms with Gasteiger partial charge in [0.1, 0.15) is 5.75 Å². The number of carbonyl (C=O) groups is 1. The molecule has 0 bridgehead atoms. The van der Waals surface area contributed by atoms with Crippen molar-refractivity contribution in [3.63, 3.8) is 0 Å². The zero-order valence-corrected chi connectivity index (χ0v) is 12.2. The molecule has 2 unspecified atom stereocenters. The van der Waals surface area contributed by atoms with Crippen LogP contribution < -0.4 is 15.4 Å². The highest BCUT2D eigenvalue weighted by Crippen LogP contribution is 2.24. The molecule has 0 spiro atoms. The van der Waals surface area contributed by atoms with Crippen LogP contribution in [-0.4, -0.2) is 37.8 Å². The van der Waals surface area contributed by atoms with Gasteiger partial charge in [0.25, 0.3) is 0 Å². The van der Waals surface area contributed by atoms with Crippen LogP contribution in [0.25, 0.3) is 0 Å². The van der Waals surface area contributed by atoms with Crippen LogP contribution in [0.5, 0.6) is 5.75 Å². The van der Waals surface area contributed by atoms with Crippen LogP contribution in [0.3, 0.4) is 0 Å². The molecule has 20 heavy (non-hydrogen) atoms. The molecule has 0 aliphatic carbocycles. The summed E-state index contributed by atoms with van der Waals surface area (Å²) in [5.74, 6) is 0.709. The minimum atomic E-state index is -0.128. The minimum absolute atomic E-state index is 0.0597. The SMILES string of the molecule is COc1ccc(NC(=O)CNC2(C)CCOC2C)cc1. The summed E-state index contributed by atoms with van der Waals surface area (Å²) in [6.07, 6.45) is 1.04. The van der Waals surface area contributed by atoms with Gasteiger partial charge in [-0.05, 0) is 44.5 Å². The molecule has 1 amide bonds. The van der Waals surface area contributed by atoms with Crippen molar-refractivity contribution < 1.29 is 14.3 Å². The van der Waals surface area contributed by atoms with Gasteiger partial charge in [-0.15, -0.1) is 0 Å². The fraction of sp³-hybridized carbons (Fsp3) is 0.533. The van der Waals surface area contributed by atoms with Gasteiger partial charge in [-0.25, -0.2) is 0 Å². The third-order valence-electron chi connectivity index (χ3n) is 3.91. The molecular weight excluding hydrogens is 256 g/mol. The molecule has 1 aromatic carbocycles. The van der Waals surface area contributed by atoms with Crippen LogP contribution in [0.2, 0.25) is 0 Å². The lowest BCUT2D eigenvalue weighted by atomic mass is 9.95. The predicted octanol–water partition coefficient (Wildman–Crippen LogP) is 1.79. The van der Waals surface area contributed by atoms with E-state index in [2.05, 4.69) is 17.6 Å². The molecule has 0 aromatic heterocycles. The first-order chi connectivity index (χ1) is 9.53. The van der Waals surface area contributed by atoms with Crippen LogP contribution in [0.1, 0.15) is 20.3 Å². The maximum atomic E-state index is 11.9. The number of rotatable bonds is 5. The highest BCUT2D eigenvalue weighted by molar-refractivity contribution is 5.92. The summed E-state index contributed by atoms with van der Waals surface area (Å²) >= 11 is 0. The highest BCUT2D eigenvalue weighted by Gasteiger charge is 2.36. The third-order valence-corrected chi connectivity index (χ3v) is 3.91. The maximum Gasteiger partial charge on any atom is 0.238 e. The van der Waals surface area contributed by atoms with Crippen LogP contribution >= 0.6 is 0 Å². The fourth-order valence-corrected chi connectivity index (χ4v) is 2.23. The number of anilines is 1. The molecule has 1 fully saturated rings. The summed E-state index contributed by atoms with van der Waals surface area (Å²) in [7, 11) is 1.61. The highest BCUT2D eigenvalue weighted by atomic mass is 16.5. The van der Waals surface area contributed by atoms with Crippen molar-refractivity contribution in [1.29, 1.82) is 0 Å². The van der Waals surface area contributed by atoms with Crippen molar-refractivity contribution in [3.8, 4) is 5.75 Å². The van der Waals surface area contributed by atoms with E-state index in [9.17, 15) is 4.79 Å². The molecule has 2 N–H and O–H groups in total. The second-order valence-electron chi connectivity index (χ2n) is 5.31. The van der Waals surface area contributed by atoms with Gasteiger partial charge in [-0.1, -0.05) is 0 Å². The number of hydrogen-bond donors (Lipinski definition) is 2. The van der Waals surface area contributed by atoms with E-state index in [0.717, 1.165) is 24.5 Å². The first kappa shape index (κ1) is 14.8. The predicted molar refractivity (Wildman–Crippen MR) is 78.1 cm³/mol. The fourth-order valence-electron chi connectivity index (χ4n) is 2.23. The van der Waals surface area contributed by atoms with Gasteiger partial charge in [0.2, 0.25) is 5.91 Å². The molecule has 2 atom stereocenters. The van der Waals surface area contributed by atoms with E-state index >= 15 is 0 Å². The molecule has 1 aliphatic rings. The van der Waals surface area contributed by atoms with Gasteiger partial charge in [0.15, 0.2) is 0 Å². The molecule has 5 heteroatoms. The Morgan fingerprint density at radius 1 is 1.45 bits per heavy atom. The topological polar surface area (TPSA) is 59.6 Å².